The van der Waals surface area contributed by atoms with Gasteiger partial charge in [0.15, 0.2) is 0 Å². The Labute approximate surface area is 129 Å². The molecule has 4 N–H and O–H groups in total. The minimum Gasteiger partial charge on any atom is -0.383 e. The lowest BCUT2D eigenvalue weighted by Gasteiger charge is -2.11. The van der Waals surface area contributed by atoms with Crippen molar-refractivity contribution in [2.75, 3.05) is 19.0 Å². The second kappa shape index (κ2) is 8.06. The number of carbonyl (C=O) groups is 1. The van der Waals surface area contributed by atoms with Crippen LogP contribution in [0.5, 0.6) is 0 Å². The zero-order valence-corrected chi connectivity index (χ0v) is 12.8. The van der Waals surface area contributed by atoms with Crippen molar-refractivity contribution < 1.29 is 9.53 Å². The molecule has 20 heavy (non-hydrogen) atoms. The lowest BCUT2D eigenvalue weighted by Crippen LogP contribution is -2.39. The Morgan fingerprint density at radius 2 is 2.20 bits per heavy atom. The first-order valence-corrected chi connectivity index (χ1v) is 5.62. The number of aromatic amines is 1. The number of nitrogens with zero attached hydrogens (tertiary/aromatic N) is 1. The number of hydrogen-bond donors (Lipinski definition) is 3. The monoisotopic (exact) mass is 320 g/mol. The van der Waals surface area contributed by atoms with Crippen LogP contribution in [-0.2, 0) is 9.53 Å². The number of imidazole rings is 1. The van der Waals surface area contributed by atoms with Gasteiger partial charge in [0.25, 0.3) is 0 Å². The van der Waals surface area contributed by atoms with Crippen molar-refractivity contribution in [3.05, 3.63) is 24.0 Å². The second-order valence-electron chi connectivity index (χ2n) is 4.11. The summed E-state index contributed by atoms with van der Waals surface area (Å²) in [6.07, 6.45) is 0. The lowest BCUT2D eigenvalue weighted by molar-refractivity contribution is -0.118. The maximum Gasteiger partial charge on any atom is 0.243 e. The van der Waals surface area contributed by atoms with Crippen LogP contribution in [0.1, 0.15) is 5.82 Å². The van der Waals surface area contributed by atoms with Crippen molar-refractivity contribution in [2.24, 2.45) is 5.73 Å². The number of aryl methyl sites for hydroxylation is 1. The molecular formula is C12H18Cl2N4O2. The Bertz CT molecular complexity index is 574. The zero-order chi connectivity index (χ0) is 13.1. The molecule has 1 unspecified atom stereocenters. The second-order valence-corrected chi connectivity index (χ2v) is 4.11. The van der Waals surface area contributed by atoms with Crippen molar-refractivity contribution in [3.63, 3.8) is 0 Å². The van der Waals surface area contributed by atoms with Gasteiger partial charge in [0, 0.05) is 12.8 Å². The molecule has 6 nitrogen and oxygen atoms in total. The molecule has 1 amide bonds. The van der Waals surface area contributed by atoms with Crippen molar-refractivity contribution in [3.8, 4) is 0 Å². The molecule has 1 aromatic carbocycles. The summed E-state index contributed by atoms with van der Waals surface area (Å²) in [5.41, 5.74) is 8.07. The number of nitrogens with one attached hydrogen (secondary N) is 2. The highest BCUT2D eigenvalue weighted by atomic mass is 35.5. The zero-order valence-electron chi connectivity index (χ0n) is 11.2. The number of ether oxygens (including phenoxy) is 1. The molecule has 0 aliphatic rings. The normalized spacial score (nSPS) is 11.3. The Morgan fingerprint density at radius 3 is 2.85 bits per heavy atom. The number of fused-ring (bicyclic) bond motifs is 1. The van der Waals surface area contributed by atoms with Gasteiger partial charge in [-0.05, 0) is 25.1 Å². The molecule has 2 rings (SSSR count). The number of methoxy groups -OCH3 is 1. The van der Waals surface area contributed by atoms with E-state index in [1.165, 1.54) is 7.11 Å². The molecule has 0 fully saturated rings. The fourth-order valence-electron chi connectivity index (χ4n) is 1.71. The Morgan fingerprint density at radius 1 is 1.50 bits per heavy atom. The minimum atomic E-state index is -0.672. The summed E-state index contributed by atoms with van der Waals surface area (Å²) >= 11 is 0. The highest BCUT2D eigenvalue weighted by Crippen LogP contribution is 2.17. The van der Waals surface area contributed by atoms with E-state index in [2.05, 4.69) is 15.3 Å². The quantitative estimate of drug-likeness (QED) is 0.798. The molecule has 0 spiro atoms. The molecule has 2 aromatic rings. The fourth-order valence-corrected chi connectivity index (χ4v) is 1.71. The maximum absolute atomic E-state index is 11.7. The molecule has 0 saturated carbocycles. The molecule has 0 aliphatic heterocycles. The Hall–Kier alpha value is -1.34. The number of rotatable bonds is 4. The number of aromatic nitrogens is 2. The molecule has 1 atom stereocenters. The highest BCUT2D eigenvalue weighted by molar-refractivity contribution is 5.96. The van der Waals surface area contributed by atoms with Gasteiger partial charge in [0.05, 0.1) is 17.6 Å². The first kappa shape index (κ1) is 18.7. The van der Waals surface area contributed by atoms with Gasteiger partial charge < -0.3 is 20.8 Å². The van der Waals surface area contributed by atoms with Crippen LogP contribution in [0.2, 0.25) is 0 Å². The van der Waals surface area contributed by atoms with Crippen LogP contribution in [-0.4, -0.2) is 35.6 Å². The molecule has 1 heterocycles. The van der Waals surface area contributed by atoms with Crippen molar-refractivity contribution in [1.29, 1.82) is 0 Å². The maximum atomic E-state index is 11.7. The molecule has 0 bridgehead atoms. The summed E-state index contributed by atoms with van der Waals surface area (Å²) in [4.78, 5) is 19.1. The van der Waals surface area contributed by atoms with E-state index in [0.29, 0.717) is 5.69 Å². The average Bonchev–Trinajstić information content (AvgIpc) is 2.68. The number of hydrogen-bond acceptors (Lipinski definition) is 4. The number of carbonyl (C=O) groups excluding carboxylic acids is 1. The van der Waals surface area contributed by atoms with E-state index >= 15 is 0 Å². The van der Waals surface area contributed by atoms with Crippen LogP contribution in [0.25, 0.3) is 11.0 Å². The molecule has 0 saturated heterocycles. The van der Waals surface area contributed by atoms with Crippen LogP contribution in [0.15, 0.2) is 18.2 Å². The van der Waals surface area contributed by atoms with Crippen LogP contribution >= 0.6 is 24.8 Å². The molecule has 8 heteroatoms. The van der Waals surface area contributed by atoms with E-state index in [1.54, 1.807) is 6.07 Å². The number of nitrogens with two attached hydrogens (primary N) is 1. The van der Waals surface area contributed by atoms with E-state index in [0.717, 1.165) is 16.9 Å². The van der Waals surface area contributed by atoms with Crippen LogP contribution in [0.4, 0.5) is 5.69 Å². The summed E-state index contributed by atoms with van der Waals surface area (Å²) in [6.45, 7) is 2.07. The predicted molar refractivity (Wildman–Crippen MR) is 83.8 cm³/mol. The summed E-state index contributed by atoms with van der Waals surface area (Å²) in [6, 6.07) is 4.79. The van der Waals surface area contributed by atoms with Crippen LogP contribution < -0.4 is 11.1 Å². The fraction of sp³-hybridized carbons (Fsp3) is 0.333. The molecule has 1 aromatic heterocycles. The Kier molecular flexibility index (Phi) is 7.52. The molecule has 0 aliphatic carbocycles. The summed E-state index contributed by atoms with van der Waals surface area (Å²) < 4.78 is 4.83. The number of anilines is 1. The summed E-state index contributed by atoms with van der Waals surface area (Å²) in [7, 11) is 1.51. The van der Waals surface area contributed by atoms with E-state index in [4.69, 9.17) is 10.5 Å². The van der Waals surface area contributed by atoms with Crippen molar-refractivity contribution in [1.82, 2.24) is 9.97 Å². The topological polar surface area (TPSA) is 93.0 Å². The highest BCUT2D eigenvalue weighted by Gasteiger charge is 2.13. The Balaban J connectivity index is 0.00000180. The SMILES string of the molecule is COCC(N)C(=O)Nc1ccc2nc(C)[nH]c2c1.Cl.Cl. The molecular weight excluding hydrogens is 303 g/mol. The van der Waals surface area contributed by atoms with Gasteiger partial charge in [-0.2, -0.15) is 0 Å². The number of amides is 1. The van der Waals surface area contributed by atoms with Gasteiger partial charge in [0.2, 0.25) is 5.91 Å². The standard InChI is InChI=1S/C12H16N4O2.2ClH/c1-7-14-10-4-3-8(5-11(10)15-7)16-12(17)9(13)6-18-2;;/h3-5,9H,6,13H2,1-2H3,(H,14,15)(H,16,17);2*1H. The van der Waals surface area contributed by atoms with E-state index in [1.807, 2.05) is 19.1 Å². The summed E-state index contributed by atoms with van der Waals surface area (Å²) in [5, 5.41) is 2.74. The minimum absolute atomic E-state index is 0. The third-order valence-electron chi connectivity index (χ3n) is 2.55. The van der Waals surface area contributed by atoms with Crippen molar-refractivity contribution in [2.45, 2.75) is 13.0 Å². The van der Waals surface area contributed by atoms with E-state index in [-0.39, 0.29) is 37.3 Å². The smallest absolute Gasteiger partial charge is 0.243 e. The molecule has 112 valence electrons. The van der Waals surface area contributed by atoms with Gasteiger partial charge >= 0.3 is 0 Å². The first-order chi connectivity index (χ1) is 8.60. The number of benzene rings is 1. The number of H-pyrrole nitrogens is 1. The van der Waals surface area contributed by atoms with E-state index < -0.39 is 6.04 Å². The van der Waals surface area contributed by atoms with Gasteiger partial charge in [0.1, 0.15) is 11.9 Å². The number of halogens is 2. The average molecular weight is 321 g/mol. The third kappa shape index (κ3) is 4.35. The lowest BCUT2D eigenvalue weighted by atomic mass is 10.2. The predicted octanol–water partition coefficient (Wildman–Crippen LogP) is 1.63. The van der Waals surface area contributed by atoms with Crippen molar-refractivity contribution >= 4 is 47.4 Å². The van der Waals surface area contributed by atoms with Gasteiger partial charge in [-0.1, -0.05) is 0 Å². The van der Waals surface area contributed by atoms with Gasteiger partial charge in [-0.25, -0.2) is 4.98 Å². The van der Waals surface area contributed by atoms with E-state index in [9.17, 15) is 4.79 Å². The first-order valence-electron chi connectivity index (χ1n) is 5.62. The van der Waals surface area contributed by atoms with Gasteiger partial charge in [-0.3, -0.25) is 4.79 Å². The van der Waals surface area contributed by atoms with Crippen LogP contribution in [0, 0.1) is 6.92 Å². The molecule has 0 radical (unpaired) electrons. The van der Waals surface area contributed by atoms with Crippen LogP contribution in [0.3, 0.4) is 0 Å². The third-order valence-corrected chi connectivity index (χ3v) is 2.55. The van der Waals surface area contributed by atoms with Gasteiger partial charge in [-0.15, -0.1) is 24.8 Å². The largest absolute Gasteiger partial charge is 0.383 e. The summed E-state index contributed by atoms with van der Waals surface area (Å²) in [5.74, 6) is 0.567.